The molecule has 0 unspecified atom stereocenters. The minimum atomic E-state index is -1.91. The van der Waals surface area contributed by atoms with Gasteiger partial charge in [0.1, 0.15) is 0 Å². The number of benzene rings is 1. The Balaban J connectivity index is 1.56. The Hall–Kier alpha value is -2.41. The van der Waals surface area contributed by atoms with E-state index < -0.39 is 11.6 Å². The number of hydrogen-bond acceptors (Lipinski definition) is 3. The van der Waals surface area contributed by atoms with E-state index in [1.165, 1.54) is 7.11 Å². The number of hydrogen-bond donors (Lipinski definition) is 2. The molecular weight excluding hydrogens is 337 g/mol. The minimum Gasteiger partial charge on any atom is -0.383 e. The highest BCUT2D eigenvalue weighted by atomic mass is 19.1. The van der Waals surface area contributed by atoms with Gasteiger partial charge in [0.25, 0.3) is 5.91 Å². The van der Waals surface area contributed by atoms with Crippen LogP contribution in [0.25, 0.3) is 10.9 Å². The molecule has 1 aliphatic rings. The number of fused-ring (bicyclic) bond motifs is 1. The van der Waals surface area contributed by atoms with Crippen molar-refractivity contribution in [3.05, 3.63) is 36.0 Å². The standard InChI is InChI=1S/C19H24FN3O3/c1-26-11-8-21-18(25)19(20)6-9-23(10-7-19)17(24)12-14-13-22-16-5-3-2-4-15(14)16/h2-5,13,22H,6-12H2,1H3,(H,21,25). The van der Waals surface area contributed by atoms with E-state index in [0.717, 1.165) is 16.5 Å². The number of ether oxygens (including phenoxy) is 1. The Morgan fingerprint density at radius 1 is 1.31 bits per heavy atom. The lowest BCUT2D eigenvalue weighted by Crippen LogP contribution is -2.52. The lowest BCUT2D eigenvalue weighted by Gasteiger charge is -2.35. The molecule has 1 aromatic carbocycles. The third kappa shape index (κ3) is 3.88. The van der Waals surface area contributed by atoms with Crippen molar-refractivity contribution in [2.24, 2.45) is 0 Å². The van der Waals surface area contributed by atoms with Crippen molar-refractivity contribution in [2.45, 2.75) is 24.9 Å². The third-order valence-corrected chi connectivity index (χ3v) is 4.92. The SMILES string of the molecule is COCCNC(=O)C1(F)CCN(C(=O)Cc2c[nH]c3ccccc23)CC1. The summed E-state index contributed by atoms with van der Waals surface area (Å²) in [7, 11) is 1.52. The Kier molecular flexibility index (Phi) is 5.56. The highest BCUT2D eigenvalue weighted by Gasteiger charge is 2.42. The predicted molar refractivity (Wildman–Crippen MR) is 96.5 cm³/mol. The molecule has 0 spiro atoms. The smallest absolute Gasteiger partial charge is 0.257 e. The summed E-state index contributed by atoms with van der Waals surface area (Å²) in [5, 5.41) is 3.57. The van der Waals surface area contributed by atoms with Gasteiger partial charge in [-0.1, -0.05) is 18.2 Å². The van der Waals surface area contributed by atoms with Gasteiger partial charge in [0.15, 0.2) is 5.67 Å². The molecule has 0 bridgehead atoms. The second-order valence-electron chi connectivity index (χ2n) is 6.63. The summed E-state index contributed by atoms with van der Waals surface area (Å²) in [6, 6.07) is 7.81. The molecule has 26 heavy (non-hydrogen) atoms. The monoisotopic (exact) mass is 361 g/mol. The van der Waals surface area contributed by atoms with Crippen molar-refractivity contribution < 1.29 is 18.7 Å². The first-order valence-electron chi connectivity index (χ1n) is 8.82. The van der Waals surface area contributed by atoms with Gasteiger partial charge in [-0.2, -0.15) is 0 Å². The van der Waals surface area contributed by atoms with E-state index in [1.54, 1.807) is 4.90 Å². The summed E-state index contributed by atoms with van der Waals surface area (Å²) in [6.07, 6.45) is 2.15. The van der Waals surface area contributed by atoms with E-state index in [-0.39, 0.29) is 44.8 Å². The summed E-state index contributed by atoms with van der Waals surface area (Å²) in [5.41, 5.74) is 0.00937. The Labute approximate surface area is 151 Å². The van der Waals surface area contributed by atoms with Crippen LogP contribution in [0.3, 0.4) is 0 Å². The average molecular weight is 361 g/mol. The van der Waals surface area contributed by atoms with Gasteiger partial charge in [-0.3, -0.25) is 9.59 Å². The maximum absolute atomic E-state index is 14.8. The first-order valence-corrected chi connectivity index (χ1v) is 8.82. The first kappa shape index (κ1) is 18.4. The topological polar surface area (TPSA) is 74.4 Å². The zero-order valence-electron chi connectivity index (χ0n) is 14.9. The molecule has 7 heteroatoms. The van der Waals surface area contributed by atoms with E-state index in [0.29, 0.717) is 6.61 Å². The van der Waals surface area contributed by atoms with Crippen molar-refractivity contribution in [2.75, 3.05) is 33.4 Å². The quantitative estimate of drug-likeness (QED) is 0.771. The largest absolute Gasteiger partial charge is 0.383 e. The molecule has 3 rings (SSSR count). The number of aromatic amines is 1. The number of nitrogens with zero attached hydrogens (tertiary/aromatic N) is 1. The number of para-hydroxylation sites is 1. The molecule has 0 atom stereocenters. The second-order valence-corrected chi connectivity index (χ2v) is 6.63. The minimum absolute atomic E-state index is 0.0193. The van der Waals surface area contributed by atoms with Crippen LogP contribution >= 0.6 is 0 Å². The zero-order chi connectivity index (χ0) is 18.6. The maximum Gasteiger partial charge on any atom is 0.257 e. The van der Waals surface area contributed by atoms with Gasteiger partial charge < -0.3 is 19.9 Å². The van der Waals surface area contributed by atoms with Crippen molar-refractivity contribution in [3.8, 4) is 0 Å². The molecular formula is C19H24FN3O3. The van der Waals surface area contributed by atoms with Gasteiger partial charge in [-0.25, -0.2) is 4.39 Å². The van der Waals surface area contributed by atoms with E-state index >= 15 is 0 Å². The summed E-state index contributed by atoms with van der Waals surface area (Å²) >= 11 is 0. The van der Waals surface area contributed by atoms with Gasteiger partial charge in [-0.15, -0.1) is 0 Å². The number of methoxy groups -OCH3 is 1. The molecule has 140 valence electrons. The highest BCUT2D eigenvalue weighted by molar-refractivity contribution is 5.89. The van der Waals surface area contributed by atoms with Crippen molar-refractivity contribution in [1.82, 2.24) is 15.2 Å². The van der Waals surface area contributed by atoms with Crippen LogP contribution in [0.5, 0.6) is 0 Å². The summed E-state index contributed by atoms with van der Waals surface area (Å²) < 4.78 is 19.7. The zero-order valence-corrected chi connectivity index (χ0v) is 14.9. The fraction of sp³-hybridized carbons (Fsp3) is 0.474. The van der Waals surface area contributed by atoms with Gasteiger partial charge in [-0.05, 0) is 11.6 Å². The molecule has 0 saturated carbocycles. The summed E-state index contributed by atoms with van der Waals surface area (Å²) in [5.74, 6) is -0.658. The summed E-state index contributed by atoms with van der Waals surface area (Å²) in [4.78, 5) is 29.4. The molecule has 1 aliphatic heterocycles. The second kappa shape index (κ2) is 7.86. The molecule has 1 aromatic heterocycles. The number of amides is 2. The molecule has 2 N–H and O–H groups in total. The number of piperidine rings is 1. The van der Waals surface area contributed by atoms with Crippen LogP contribution in [0.15, 0.2) is 30.5 Å². The first-order chi connectivity index (χ1) is 12.5. The van der Waals surface area contributed by atoms with Gasteiger partial charge >= 0.3 is 0 Å². The Bertz CT molecular complexity index is 781. The molecule has 6 nitrogen and oxygen atoms in total. The van der Waals surface area contributed by atoms with Crippen LogP contribution in [0.4, 0.5) is 4.39 Å². The van der Waals surface area contributed by atoms with Crippen LogP contribution in [0.1, 0.15) is 18.4 Å². The fourth-order valence-corrected chi connectivity index (χ4v) is 3.32. The number of H-pyrrole nitrogens is 1. The molecule has 0 aliphatic carbocycles. The Morgan fingerprint density at radius 3 is 2.77 bits per heavy atom. The van der Waals surface area contributed by atoms with Crippen molar-refractivity contribution in [3.63, 3.8) is 0 Å². The van der Waals surface area contributed by atoms with Gasteiger partial charge in [0, 0.05) is 56.7 Å². The number of rotatable bonds is 6. The molecule has 2 heterocycles. The highest BCUT2D eigenvalue weighted by Crippen LogP contribution is 2.27. The normalized spacial score (nSPS) is 16.6. The molecule has 0 radical (unpaired) electrons. The van der Waals surface area contributed by atoms with Crippen LogP contribution in [-0.4, -0.2) is 60.7 Å². The van der Waals surface area contributed by atoms with Crippen molar-refractivity contribution >= 4 is 22.7 Å². The number of alkyl halides is 1. The van der Waals surface area contributed by atoms with Crippen LogP contribution < -0.4 is 5.32 Å². The van der Waals surface area contributed by atoms with E-state index in [2.05, 4.69) is 10.3 Å². The summed E-state index contributed by atoms with van der Waals surface area (Å²) in [6.45, 7) is 1.12. The predicted octanol–water partition coefficient (Wildman–Crippen LogP) is 1.80. The Morgan fingerprint density at radius 2 is 2.04 bits per heavy atom. The van der Waals surface area contributed by atoms with Crippen LogP contribution in [0.2, 0.25) is 0 Å². The van der Waals surface area contributed by atoms with Gasteiger partial charge in [0.05, 0.1) is 13.0 Å². The number of halogens is 1. The lowest BCUT2D eigenvalue weighted by atomic mass is 9.92. The van der Waals surface area contributed by atoms with Gasteiger partial charge in [0.2, 0.25) is 5.91 Å². The average Bonchev–Trinajstić information content (AvgIpc) is 3.05. The molecule has 1 fully saturated rings. The third-order valence-electron chi connectivity index (χ3n) is 4.92. The molecule has 2 amide bonds. The molecule has 1 saturated heterocycles. The number of carbonyl (C=O) groups excluding carboxylic acids is 2. The van der Waals surface area contributed by atoms with E-state index in [4.69, 9.17) is 4.74 Å². The van der Waals surface area contributed by atoms with Crippen LogP contribution in [0, 0.1) is 0 Å². The van der Waals surface area contributed by atoms with E-state index in [1.807, 2.05) is 30.5 Å². The lowest BCUT2D eigenvalue weighted by molar-refractivity contribution is -0.141. The van der Waals surface area contributed by atoms with Crippen molar-refractivity contribution in [1.29, 1.82) is 0 Å². The number of carbonyl (C=O) groups is 2. The van der Waals surface area contributed by atoms with Crippen LogP contribution in [-0.2, 0) is 20.7 Å². The number of nitrogens with one attached hydrogen (secondary N) is 2. The van der Waals surface area contributed by atoms with E-state index in [9.17, 15) is 14.0 Å². The molecule has 2 aromatic rings. The number of aromatic nitrogens is 1. The number of likely N-dealkylation sites (tertiary alicyclic amines) is 1. The fourth-order valence-electron chi connectivity index (χ4n) is 3.32. The maximum atomic E-state index is 14.8.